The number of halogens is 1. The summed E-state index contributed by atoms with van der Waals surface area (Å²) in [5.41, 5.74) is 5.18. The summed E-state index contributed by atoms with van der Waals surface area (Å²) < 4.78 is 14.3. The molecule has 4 heteroatoms. The first-order valence-electron chi connectivity index (χ1n) is 5.21. The van der Waals surface area contributed by atoms with Crippen molar-refractivity contribution in [1.82, 2.24) is 4.98 Å². The molecular formula is C11H19FN2S. The lowest BCUT2D eigenvalue weighted by molar-refractivity contribution is 0.110. The van der Waals surface area contributed by atoms with E-state index in [0.29, 0.717) is 6.42 Å². The molecule has 1 aromatic rings. The Bertz CT molecular complexity index is 316. The standard InChI is InChI=1S/C11H19FN2S/c1-7(2)11(12,6-13)5-10-14-8(3)9(4)15-10/h7H,5-6,13H2,1-4H3. The molecule has 2 nitrogen and oxygen atoms in total. The third-order valence-corrected chi connectivity index (χ3v) is 3.96. The monoisotopic (exact) mass is 230 g/mol. The topological polar surface area (TPSA) is 38.9 Å². The predicted molar refractivity (Wildman–Crippen MR) is 63.0 cm³/mol. The Hall–Kier alpha value is -0.480. The summed E-state index contributed by atoms with van der Waals surface area (Å²) in [5, 5.41) is 0.853. The summed E-state index contributed by atoms with van der Waals surface area (Å²) in [6, 6.07) is 0. The molecule has 0 aliphatic rings. The van der Waals surface area contributed by atoms with Gasteiger partial charge in [-0.2, -0.15) is 0 Å². The SMILES string of the molecule is Cc1nc(CC(F)(CN)C(C)C)sc1C. The maximum absolute atomic E-state index is 14.3. The molecule has 15 heavy (non-hydrogen) atoms. The molecule has 0 saturated heterocycles. The first-order valence-corrected chi connectivity index (χ1v) is 6.02. The van der Waals surface area contributed by atoms with E-state index in [-0.39, 0.29) is 12.5 Å². The highest BCUT2D eigenvalue weighted by Gasteiger charge is 2.33. The zero-order valence-corrected chi connectivity index (χ0v) is 10.6. The molecule has 1 aromatic heterocycles. The Kier molecular flexibility index (Phi) is 3.84. The van der Waals surface area contributed by atoms with Gasteiger partial charge >= 0.3 is 0 Å². The van der Waals surface area contributed by atoms with E-state index in [1.807, 2.05) is 27.7 Å². The zero-order chi connectivity index (χ0) is 11.6. The Labute approximate surface area is 94.7 Å². The minimum atomic E-state index is -1.32. The molecule has 0 aliphatic carbocycles. The smallest absolute Gasteiger partial charge is 0.131 e. The lowest BCUT2D eigenvalue weighted by Crippen LogP contribution is -2.40. The van der Waals surface area contributed by atoms with E-state index in [0.717, 1.165) is 15.6 Å². The highest BCUT2D eigenvalue weighted by molar-refractivity contribution is 7.11. The fourth-order valence-corrected chi connectivity index (χ4v) is 2.42. The average molecular weight is 230 g/mol. The second kappa shape index (κ2) is 4.58. The lowest BCUT2D eigenvalue weighted by atomic mass is 9.89. The first-order chi connectivity index (χ1) is 6.89. The minimum absolute atomic E-state index is 0.0579. The highest BCUT2D eigenvalue weighted by Crippen LogP contribution is 2.28. The summed E-state index contributed by atoms with van der Waals surface area (Å²) in [7, 11) is 0. The van der Waals surface area contributed by atoms with Crippen molar-refractivity contribution in [3.8, 4) is 0 Å². The van der Waals surface area contributed by atoms with Crippen molar-refractivity contribution in [2.24, 2.45) is 11.7 Å². The van der Waals surface area contributed by atoms with Crippen molar-refractivity contribution in [2.45, 2.75) is 39.8 Å². The van der Waals surface area contributed by atoms with Crippen LogP contribution < -0.4 is 5.73 Å². The van der Waals surface area contributed by atoms with Crippen molar-refractivity contribution < 1.29 is 4.39 Å². The van der Waals surface area contributed by atoms with Gasteiger partial charge in [-0.15, -0.1) is 11.3 Å². The van der Waals surface area contributed by atoms with E-state index in [4.69, 9.17) is 5.73 Å². The second-order valence-electron chi connectivity index (χ2n) is 4.32. The molecule has 2 N–H and O–H groups in total. The van der Waals surface area contributed by atoms with Gasteiger partial charge < -0.3 is 5.73 Å². The number of alkyl halides is 1. The van der Waals surface area contributed by atoms with Crippen LogP contribution in [0.3, 0.4) is 0 Å². The largest absolute Gasteiger partial charge is 0.328 e. The molecule has 1 unspecified atom stereocenters. The Morgan fingerprint density at radius 1 is 1.47 bits per heavy atom. The second-order valence-corrected chi connectivity index (χ2v) is 5.61. The third-order valence-electron chi connectivity index (χ3n) is 2.89. The summed E-state index contributed by atoms with van der Waals surface area (Å²) in [6.45, 7) is 7.74. The van der Waals surface area contributed by atoms with Crippen molar-refractivity contribution >= 4 is 11.3 Å². The Balaban J connectivity index is 2.84. The predicted octanol–water partition coefficient (Wildman–Crippen LogP) is 2.63. The van der Waals surface area contributed by atoms with E-state index in [1.165, 1.54) is 0 Å². The lowest BCUT2D eigenvalue weighted by Gasteiger charge is -2.26. The van der Waals surface area contributed by atoms with Crippen LogP contribution in [0.4, 0.5) is 4.39 Å². The number of aryl methyl sites for hydroxylation is 2. The van der Waals surface area contributed by atoms with Gasteiger partial charge in [-0.1, -0.05) is 13.8 Å². The van der Waals surface area contributed by atoms with E-state index in [1.54, 1.807) is 11.3 Å². The first kappa shape index (κ1) is 12.6. The average Bonchev–Trinajstić information content (AvgIpc) is 2.45. The zero-order valence-electron chi connectivity index (χ0n) is 9.80. The number of hydrogen-bond donors (Lipinski definition) is 1. The van der Waals surface area contributed by atoms with Crippen LogP contribution in [0.1, 0.15) is 29.4 Å². The number of hydrogen-bond acceptors (Lipinski definition) is 3. The molecule has 0 fully saturated rings. The molecule has 0 aliphatic heterocycles. The molecule has 0 spiro atoms. The summed E-state index contributed by atoms with van der Waals surface area (Å²) in [6.07, 6.45) is 0.334. The molecule has 0 bridgehead atoms. The highest BCUT2D eigenvalue weighted by atomic mass is 32.1. The van der Waals surface area contributed by atoms with Gasteiger partial charge in [-0.3, -0.25) is 0 Å². The number of thiazole rings is 1. The summed E-state index contributed by atoms with van der Waals surface area (Å²) >= 11 is 1.57. The molecule has 0 radical (unpaired) electrons. The van der Waals surface area contributed by atoms with Gasteiger partial charge in [0.15, 0.2) is 0 Å². The van der Waals surface area contributed by atoms with Gasteiger partial charge in [0.05, 0.1) is 10.7 Å². The van der Waals surface area contributed by atoms with Gasteiger partial charge in [-0.05, 0) is 19.8 Å². The van der Waals surface area contributed by atoms with E-state index >= 15 is 0 Å². The summed E-state index contributed by atoms with van der Waals surface area (Å²) in [5.74, 6) is -0.0768. The van der Waals surface area contributed by atoms with Gasteiger partial charge in [0.2, 0.25) is 0 Å². The van der Waals surface area contributed by atoms with Gasteiger partial charge in [0.25, 0.3) is 0 Å². The molecule has 0 saturated carbocycles. The van der Waals surface area contributed by atoms with Crippen LogP contribution in [0.15, 0.2) is 0 Å². The molecule has 86 valence electrons. The molecular weight excluding hydrogens is 211 g/mol. The number of aromatic nitrogens is 1. The van der Waals surface area contributed by atoms with E-state index in [9.17, 15) is 4.39 Å². The molecule has 1 atom stereocenters. The maximum atomic E-state index is 14.3. The summed E-state index contributed by atoms with van der Waals surface area (Å²) in [4.78, 5) is 5.51. The minimum Gasteiger partial charge on any atom is -0.328 e. The van der Waals surface area contributed by atoms with Gasteiger partial charge in [0, 0.05) is 17.8 Å². The number of nitrogens with zero attached hydrogens (tertiary/aromatic N) is 1. The maximum Gasteiger partial charge on any atom is 0.131 e. The van der Waals surface area contributed by atoms with Crippen molar-refractivity contribution in [3.05, 3.63) is 15.6 Å². The fraction of sp³-hybridized carbons (Fsp3) is 0.727. The quantitative estimate of drug-likeness (QED) is 0.863. The fourth-order valence-electron chi connectivity index (χ4n) is 1.38. The number of nitrogens with two attached hydrogens (primary N) is 1. The van der Waals surface area contributed by atoms with Gasteiger partial charge in [0.1, 0.15) is 5.67 Å². The van der Waals surface area contributed by atoms with Crippen LogP contribution in [0.25, 0.3) is 0 Å². The van der Waals surface area contributed by atoms with Crippen LogP contribution in [0.2, 0.25) is 0 Å². The van der Waals surface area contributed by atoms with Crippen molar-refractivity contribution in [2.75, 3.05) is 6.54 Å². The van der Waals surface area contributed by atoms with Crippen LogP contribution in [-0.4, -0.2) is 17.2 Å². The van der Waals surface area contributed by atoms with Gasteiger partial charge in [-0.25, -0.2) is 9.37 Å². The Morgan fingerprint density at radius 2 is 2.07 bits per heavy atom. The van der Waals surface area contributed by atoms with Crippen molar-refractivity contribution in [3.63, 3.8) is 0 Å². The van der Waals surface area contributed by atoms with Crippen molar-refractivity contribution in [1.29, 1.82) is 0 Å². The normalized spacial score (nSPS) is 15.7. The van der Waals surface area contributed by atoms with E-state index in [2.05, 4.69) is 4.98 Å². The molecule has 0 amide bonds. The molecule has 1 rings (SSSR count). The van der Waals surface area contributed by atoms with E-state index < -0.39 is 5.67 Å². The molecule has 1 heterocycles. The van der Waals surface area contributed by atoms with Crippen LogP contribution >= 0.6 is 11.3 Å². The third kappa shape index (κ3) is 2.75. The molecule has 0 aromatic carbocycles. The Morgan fingerprint density at radius 3 is 2.40 bits per heavy atom. The van der Waals surface area contributed by atoms with Crippen LogP contribution in [-0.2, 0) is 6.42 Å². The van der Waals surface area contributed by atoms with Crippen LogP contribution in [0, 0.1) is 19.8 Å². The number of rotatable bonds is 4. The van der Waals surface area contributed by atoms with Crippen LogP contribution in [0.5, 0.6) is 0 Å².